The van der Waals surface area contributed by atoms with Crippen molar-refractivity contribution in [2.45, 2.75) is 12.8 Å². The lowest BCUT2D eigenvalue weighted by Gasteiger charge is -2.15. The molecule has 0 aromatic heterocycles. The summed E-state index contributed by atoms with van der Waals surface area (Å²) in [5.74, 6) is -0.198. The smallest absolute Gasteiger partial charge is 0.270 e. The van der Waals surface area contributed by atoms with Gasteiger partial charge in [0.2, 0.25) is 5.91 Å². The third-order valence-corrected chi connectivity index (χ3v) is 6.01. The van der Waals surface area contributed by atoms with Crippen LogP contribution in [0.1, 0.15) is 29.5 Å². The predicted molar refractivity (Wildman–Crippen MR) is 135 cm³/mol. The van der Waals surface area contributed by atoms with Crippen molar-refractivity contribution < 1.29 is 14.5 Å². The molecular formula is C27H22N4O4. The molecule has 2 aliphatic rings. The first-order valence-electron chi connectivity index (χ1n) is 11.2. The maximum absolute atomic E-state index is 13.0. The fraction of sp³-hybridized carbons (Fsp3) is 0.111. The minimum absolute atomic E-state index is 0.0854. The lowest BCUT2D eigenvalue weighted by atomic mass is 9.99. The number of carbonyl (C=O) groups excluding carboxylic acids is 2. The highest BCUT2D eigenvalue weighted by Gasteiger charge is 2.30. The lowest BCUT2D eigenvalue weighted by molar-refractivity contribution is -0.384. The third-order valence-electron chi connectivity index (χ3n) is 6.01. The maximum atomic E-state index is 13.0. The SMILES string of the molecule is O=C1Nc2ccc([N+](=O)[O-])cc2C1=C(Nc1ccc(C=CN2CCCC2=O)cc1)c1ccccc1. The molecule has 1 fully saturated rings. The molecule has 0 spiro atoms. The largest absolute Gasteiger partial charge is 0.354 e. The van der Waals surface area contributed by atoms with E-state index >= 15 is 0 Å². The molecule has 8 nitrogen and oxygen atoms in total. The van der Waals surface area contributed by atoms with E-state index in [2.05, 4.69) is 10.6 Å². The number of carbonyl (C=O) groups is 2. The van der Waals surface area contributed by atoms with Crippen LogP contribution in [0, 0.1) is 10.1 Å². The van der Waals surface area contributed by atoms with Crippen molar-refractivity contribution in [1.82, 2.24) is 4.90 Å². The molecule has 2 amide bonds. The summed E-state index contributed by atoms with van der Waals surface area (Å²) in [4.78, 5) is 37.4. The Morgan fingerprint density at radius 1 is 1.03 bits per heavy atom. The Bertz CT molecular complexity index is 1380. The van der Waals surface area contributed by atoms with Crippen LogP contribution in [0.15, 0.2) is 79.0 Å². The Morgan fingerprint density at radius 3 is 2.49 bits per heavy atom. The fourth-order valence-corrected chi connectivity index (χ4v) is 4.23. The molecule has 3 aromatic rings. The molecule has 8 heteroatoms. The van der Waals surface area contributed by atoms with E-state index < -0.39 is 4.92 Å². The number of nitro benzene ring substituents is 1. The third kappa shape index (κ3) is 4.54. The highest BCUT2D eigenvalue weighted by molar-refractivity contribution is 6.37. The molecule has 2 aliphatic heterocycles. The van der Waals surface area contributed by atoms with E-state index in [0.29, 0.717) is 28.9 Å². The van der Waals surface area contributed by atoms with Crippen molar-refractivity contribution in [2.75, 3.05) is 17.2 Å². The van der Waals surface area contributed by atoms with Gasteiger partial charge in [0.15, 0.2) is 0 Å². The quantitative estimate of drug-likeness (QED) is 0.298. The van der Waals surface area contributed by atoms with Gasteiger partial charge in [-0.2, -0.15) is 0 Å². The van der Waals surface area contributed by atoms with Crippen LogP contribution in [0.25, 0.3) is 17.3 Å². The summed E-state index contributed by atoms with van der Waals surface area (Å²) >= 11 is 0. The number of nitrogens with one attached hydrogen (secondary N) is 2. The molecule has 1 saturated heterocycles. The zero-order chi connectivity index (χ0) is 24.4. The zero-order valence-electron chi connectivity index (χ0n) is 18.7. The van der Waals surface area contributed by atoms with Gasteiger partial charge in [-0.05, 0) is 41.8 Å². The van der Waals surface area contributed by atoms with Crippen molar-refractivity contribution in [1.29, 1.82) is 0 Å². The number of rotatable bonds is 6. The van der Waals surface area contributed by atoms with Crippen LogP contribution in [0.3, 0.4) is 0 Å². The number of nitrogens with zero attached hydrogens (tertiary/aromatic N) is 2. The van der Waals surface area contributed by atoms with Crippen LogP contribution < -0.4 is 10.6 Å². The topological polar surface area (TPSA) is 105 Å². The van der Waals surface area contributed by atoms with E-state index in [0.717, 1.165) is 29.8 Å². The van der Waals surface area contributed by atoms with Gasteiger partial charge in [0.25, 0.3) is 11.6 Å². The van der Waals surface area contributed by atoms with Gasteiger partial charge in [-0.15, -0.1) is 0 Å². The molecule has 174 valence electrons. The number of benzene rings is 3. The predicted octanol–water partition coefficient (Wildman–Crippen LogP) is 5.12. The Labute approximate surface area is 201 Å². The lowest BCUT2D eigenvalue weighted by Crippen LogP contribution is -2.16. The molecule has 0 radical (unpaired) electrons. The van der Waals surface area contributed by atoms with Gasteiger partial charge in [-0.1, -0.05) is 42.5 Å². The summed E-state index contributed by atoms with van der Waals surface area (Å²) in [5, 5.41) is 17.5. The second-order valence-corrected chi connectivity index (χ2v) is 8.31. The molecule has 3 aromatic carbocycles. The Balaban J connectivity index is 1.50. The van der Waals surface area contributed by atoms with E-state index in [9.17, 15) is 19.7 Å². The number of anilines is 2. The van der Waals surface area contributed by atoms with Gasteiger partial charge in [-0.3, -0.25) is 19.7 Å². The molecular weight excluding hydrogens is 444 g/mol. The second kappa shape index (κ2) is 9.26. The summed E-state index contributed by atoms with van der Waals surface area (Å²) in [7, 11) is 0. The second-order valence-electron chi connectivity index (χ2n) is 8.31. The number of hydrogen-bond donors (Lipinski definition) is 2. The average molecular weight is 466 g/mol. The molecule has 0 bridgehead atoms. The fourth-order valence-electron chi connectivity index (χ4n) is 4.23. The van der Waals surface area contributed by atoms with Gasteiger partial charge in [-0.25, -0.2) is 0 Å². The average Bonchev–Trinajstić information content (AvgIpc) is 3.43. The first-order chi connectivity index (χ1) is 17.0. The van der Waals surface area contributed by atoms with E-state index in [1.165, 1.54) is 12.1 Å². The van der Waals surface area contributed by atoms with Gasteiger partial charge >= 0.3 is 0 Å². The summed E-state index contributed by atoms with van der Waals surface area (Å²) < 4.78 is 0. The minimum atomic E-state index is -0.474. The number of nitro groups is 1. The standard InChI is InChI=1S/C27H22N4O4/c32-24-7-4-15-30(24)16-14-18-8-10-20(11-9-18)28-26(19-5-2-1-3-6-19)25-22-17-21(31(34)35)12-13-23(22)29-27(25)33/h1-3,5-6,8-14,16-17,28H,4,7,15H2,(H,29,33). The van der Waals surface area contributed by atoms with Crippen molar-refractivity contribution in [3.63, 3.8) is 0 Å². The molecule has 0 aliphatic carbocycles. The van der Waals surface area contributed by atoms with Crippen LogP contribution in [-0.2, 0) is 9.59 Å². The van der Waals surface area contributed by atoms with Crippen LogP contribution in [-0.4, -0.2) is 28.2 Å². The van der Waals surface area contributed by atoms with Crippen molar-refractivity contribution in [3.8, 4) is 0 Å². The van der Waals surface area contributed by atoms with E-state index in [1.54, 1.807) is 11.0 Å². The Morgan fingerprint density at radius 2 is 1.80 bits per heavy atom. The highest BCUT2D eigenvalue weighted by atomic mass is 16.6. The van der Waals surface area contributed by atoms with Gasteiger partial charge in [0.1, 0.15) is 0 Å². The van der Waals surface area contributed by atoms with Crippen LogP contribution >= 0.6 is 0 Å². The normalized spacial score (nSPS) is 16.4. The maximum Gasteiger partial charge on any atom is 0.270 e. The Kier molecular flexibility index (Phi) is 5.85. The van der Waals surface area contributed by atoms with Crippen molar-refractivity contribution in [2.24, 2.45) is 0 Å². The molecule has 2 N–H and O–H groups in total. The molecule has 2 heterocycles. The van der Waals surface area contributed by atoms with Gasteiger partial charge in [0, 0.05) is 48.2 Å². The van der Waals surface area contributed by atoms with Gasteiger partial charge < -0.3 is 15.5 Å². The summed E-state index contributed by atoms with van der Waals surface area (Å²) in [6.45, 7) is 0.741. The number of fused-ring (bicyclic) bond motifs is 1. The summed E-state index contributed by atoms with van der Waals surface area (Å²) in [6.07, 6.45) is 5.16. The monoisotopic (exact) mass is 466 g/mol. The summed E-state index contributed by atoms with van der Waals surface area (Å²) in [6, 6.07) is 21.3. The van der Waals surface area contributed by atoms with Crippen molar-refractivity contribution in [3.05, 3.63) is 106 Å². The van der Waals surface area contributed by atoms with Crippen LogP contribution in [0.2, 0.25) is 0 Å². The molecule has 0 saturated carbocycles. The number of likely N-dealkylation sites (tertiary alicyclic amines) is 1. The molecule has 0 atom stereocenters. The first kappa shape index (κ1) is 22.1. The van der Waals surface area contributed by atoms with Crippen molar-refractivity contribution >= 4 is 46.2 Å². The van der Waals surface area contributed by atoms with Crippen LogP contribution in [0.5, 0.6) is 0 Å². The number of hydrogen-bond acceptors (Lipinski definition) is 5. The van der Waals surface area contributed by atoms with E-state index in [4.69, 9.17) is 0 Å². The first-order valence-corrected chi connectivity index (χ1v) is 11.2. The van der Waals surface area contributed by atoms with Crippen LogP contribution in [0.4, 0.5) is 17.1 Å². The molecule has 5 rings (SSSR count). The number of amides is 2. The molecule has 35 heavy (non-hydrogen) atoms. The van der Waals surface area contributed by atoms with E-state index in [1.807, 2.05) is 66.9 Å². The Hall–Kier alpha value is -4.72. The minimum Gasteiger partial charge on any atom is -0.354 e. The summed E-state index contributed by atoms with van der Waals surface area (Å²) in [5.41, 5.74) is 4.26. The van der Waals surface area contributed by atoms with E-state index in [-0.39, 0.29) is 17.5 Å². The highest BCUT2D eigenvalue weighted by Crippen LogP contribution is 2.39. The molecule has 0 unspecified atom stereocenters. The number of non-ortho nitro benzene ring substituents is 1. The zero-order valence-corrected chi connectivity index (χ0v) is 18.7. The van der Waals surface area contributed by atoms with Gasteiger partial charge in [0.05, 0.1) is 16.2 Å².